The van der Waals surface area contributed by atoms with Gasteiger partial charge in [0.05, 0.1) is 15.9 Å². The molecule has 1 fully saturated rings. The fourth-order valence-corrected chi connectivity index (χ4v) is 2.50. The van der Waals surface area contributed by atoms with Crippen LogP contribution in [0.2, 0.25) is 0 Å². The minimum atomic E-state index is 0.952. The zero-order valence-corrected chi connectivity index (χ0v) is 11.9. The summed E-state index contributed by atoms with van der Waals surface area (Å²) in [4.78, 5) is 2.51. The molecule has 1 aliphatic carbocycles. The third-order valence-electron chi connectivity index (χ3n) is 3.30. The number of aryl methyl sites for hydroxylation is 2. The first-order valence-electron chi connectivity index (χ1n) is 6.02. The molecule has 0 saturated heterocycles. The summed E-state index contributed by atoms with van der Waals surface area (Å²) in [6.45, 7) is 7.65. The topological polar surface area (TPSA) is 21.1 Å². The van der Waals surface area contributed by atoms with E-state index in [0.717, 1.165) is 24.7 Å². The Morgan fingerprint density at radius 1 is 1.50 bits per heavy atom. The molecular formula is C12H20BrN3. The Hall–Kier alpha value is -0.350. The third kappa shape index (κ3) is 2.66. The average Bonchev–Trinajstić information content (AvgIpc) is 3.02. The highest BCUT2D eigenvalue weighted by atomic mass is 79.9. The van der Waals surface area contributed by atoms with Crippen LogP contribution in [-0.4, -0.2) is 27.8 Å². The summed E-state index contributed by atoms with van der Waals surface area (Å²) >= 11 is 3.63. The van der Waals surface area contributed by atoms with Crippen molar-refractivity contribution >= 4 is 15.9 Å². The van der Waals surface area contributed by atoms with E-state index in [1.54, 1.807) is 0 Å². The SMILES string of the molecule is CCN(Cc1c(Br)c(C)nn1C)CC1CC1. The molecule has 0 aliphatic heterocycles. The smallest absolute Gasteiger partial charge is 0.0739 e. The summed E-state index contributed by atoms with van der Waals surface area (Å²) in [5.41, 5.74) is 2.37. The molecule has 1 aliphatic rings. The fourth-order valence-electron chi connectivity index (χ4n) is 2.03. The number of hydrogen-bond donors (Lipinski definition) is 0. The summed E-state index contributed by atoms with van der Waals surface area (Å²) in [7, 11) is 2.03. The fraction of sp³-hybridized carbons (Fsp3) is 0.750. The van der Waals surface area contributed by atoms with Crippen molar-refractivity contribution in [3.05, 3.63) is 15.9 Å². The number of halogens is 1. The van der Waals surface area contributed by atoms with Crippen LogP contribution in [0.1, 0.15) is 31.2 Å². The molecular weight excluding hydrogens is 266 g/mol. The van der Waals surface area contributed by atoms with Crippen LogP contribution in [0, 0.1) is 12.8 Å². The molecule has 0 atom stereocenters. The van der Waals surface area contributed by atoms with Gasteiger partial charge < -0.3 is 0 Å². The van der Waals surface area contributed by atoms with Crippen LogP contribution in [0.5, 0.6) is 0 Å². The Balaban J connectivity index is 2.05. The van der Waals surface area contributed by atoms with Gasteiger partial charge in [-0.05, 0) is 48.2 Å². The van der Waals surface area contributed by atoms with Gasteiger partial charge in [0.1, 0.15) is 0 Å². The van der Waals surface area contributed by atoms with Crippen molar-refractivity contribution in [2.75, 3.05) is 13.1 Å². The van der Waals surface area contributed by atoms with E-state index < -0.39 is 0 Å². The molecule has 1 aromatic heterocycles. The maximum atomic E-state index is 4.44. The van der Waals surface area contributed by atoms with Gasteiger partial charge in [-0.3, -0.25) is 9.58 Å². The molecule has 3 nitrogen and oxygen atoms in total. The van der Waals surface area contributed by atoms with Crippen molar-refractivity contribution in [3.8, 4) is 0 Å². The first-order valence-corrected chi connectivity index (χ1v) is 6.81. The zero-order chi connectivity index (χ0) is 11.7. The van der Waals surface area contributed by atoms with Crippen molar-refractivity contribution in [1.82, 2.24) is 14.7 Å². The lowest BCUT2D eigenvalue weighted by molar-refractivity contribution is 0.261. The van der Waals surface area contributed by atoms with E-state index >= 15 is 0 Å². The van der Waals surface area contributed by atoms with E-state index in [1.165, 1.54) is 29.6 Å². The van der Waals surface area contributed by atoms with Crippen LogP contribution >= 0.6 is 15.9 Å². The second kappa shape index (κ2) is 4.88. The molecule has 0 spiro atoms. The van der Waals surface area contributed by atoms with E-state index in [4.69, 9.17) is 0 Å². The van der Waals surface area contributed by atoms with Crippen molar-refractivity contribution < 1.29 is 0 Å². The molecule has 0 bridgehead atoms. The normalized spacial score (nSPS) is 16.1. The summed E-state index contributed by atoms with van der Waals surface area (Å²) in [6, 6.07) is 0. The van der Waals surface area contributed by atoms with Crippen LogP contribution < -0.4 is 0 Å². The lowest BCUT2D eigenvalue weighted by Gasteiger charge is -2.20. The van der Waals surface area contributed by atoms with Gasteiger partial charge in [-0.2, -0.15) is 5.10 Å². The molecule has 0 N–H and O–H groups in total. The van der Waals surface area contributed by atoms with Crippen LogP contribution in [0.3, 0.4) is 0 Å². The van der Waals surface area contributed by atoms with Gasteiger partial charge in [0.15, 0.2) is 0 Å². The van der Waals surface area contributed by atoms with Crippen molar-refractivity contribution in [2.45, 2.75) is 33.2 Å². The number of aromatic nitrogens is 2. The maximum Gasteiger partial charge on any atom is 0.0739 e. The lowest BCUT2D eigenvalue weighted by atomic mass is 10.3. The molecule has 1 aromatic rings. The first-order chi connectivity index (χ1) is 7.61. The predicted octanol–water partition coefficient (Wildman–Crippen LogP) is 2.72. The summed E-state index contributed by atoms with van der Waals surface area (Å²) < 4.78 is 3.17. The predicted molar refractivity (Wildman–Crippen MR) is 69.3 cm³/mol. The van der Waals surface area contributed by atoms with Crippen LogP contribution in [-0.2, 0) is 13.6 Å². The van der Waals surface area contributed by atoms with Gasteiger partial charge in [0.2, 0.25) is 0 Å². The highest BCUT2D eigenvalue weighted by Gasteiger charge is 2.24. The van der Waals surface area contributed by atoms with Crippen LogP contribution in [0.4, 0.5) is 0 Å². The zero-order valence-electron chi connectivity index (χ0n) is 10.3. The molecule has 0 unspecified atom stereocenters. The molecule has 0 radical (unpaired) electrons. The minimum absolute atomic E-state index is 0.952. The average molecular weight is 286 g/mol. The second-order valence-electron chi connectivity index (χ2n) is 4.74. The Morgan fingerprint density at radius 2 is 2.19 bits per heavy atom. The van der Waals surface area contributed by atoms with E-state index in [2.05, 4.69) is 32.9 Å². The molecule has 2 rings (SSSR count). The maximum absolute atomic E-state index is 4.44. The van der Waals surface area contributed by atoms with E-state index in [9.17, 15) is 0 Å². The van der Waals surface area contributed by atoms with Crippen molar-refractivity contribution in [3.63, 3.8) is 0 Å². The van der Waals surface area contributed by atoms with E-state index in [0.29, 0.717) is 0 Å². The molecule has 1 saturated carbocycles. The third-order valence-corrected chi connectivity index (χ3v) is 4.33. The number of nitrogens with zero attached hydrogens (tertiary/aromatic N) is 3. The first kappa shape index (κ1) is 12.1. The summed E-state index contributed by atoms with van der Waals surface area (Å²) in [5.74, 6) is 0.952. The monoisotopic (exact) mass is 285 g/mol. The van der Waals surface area contributed by atoms with E-state index in [-0.39, 0.29) is 0 Å². The van der Waals surface area contributed by atoms with Crippen LogP contribution in [0.25, 0.3) is 0 Å². The Kier molecular flexibility index (Phi) is 3.70. The highest BCUT2D eigenvalue weighted by molar-refractivity contribution is 9.10. The highest BCUT2D eigenvalue weighted by Crippen LogP contribution is 2.30. The second-order valence-corrected chi connectivity index (χ2v) is 5.53. The minimum Gasteiger partial charge on any atom is -0.297 e. The molecule has 0 amide bonds. The standard InChI is InChI=1S/C12H20BrN3/c1-4-16(7-10-5-6-10)8-11-12(13)9(2)14-15(11)3/h10H,4-8H2,1-3H3. The molecule has 16 heavy (non-hydrogen) atoms. The van der Waals surface area contributed by atoms with Gasteiger partial charge in [0.25, 0.3) is 0 Å². The van der Waals surface area contributed by atoms with Gasteiger partial charge in [-0.25, -0.2) is 0 Å². The van der Waals surface area contributed by atoms with E-state index in [1.807, 2.05) is 18.7 Å². The molecule has 1 heterocycles. The quantitative estimate of drug-likeness (QED) is 0.830. The number of hydrogen-bond acceptors (Lipinski definition) is 2. The van der Waals surface area contributed by atoms with Gasteiger partial charge in [-0.15, -0.1) is 0 Å². The summed E-state index contributed by atoms with van der Waals surface area (Å²) in [6.07, 6.45) is 2.84. The largest absolute Gasteiger partial charge is 0.297 e. The number of rotatable bonds is 5. The van der Waals surface area contributed by atoms with Crippen LogP contribution in [0.15, 0.2) is 4.47 Å². The van der Waals surface area contributed by atoms with Gasteiger partial charge in [0, 0.05) is 20.1 Å². The lowest BCUT2D eigenvalue weighted by Crippen LogP contribution is -2.26. The Bertz CT molecular complexity index is 369. The van der Waals surface area contributed by atoms with Crippen molar-refractivity contribution in [2.24, 2.45) is 13.0 Å². The summed E-state index contributed by atoms with van der Waals surface area (Å²) in [5, 5.41) is 4.44. The Morgan fingerprint density at radius 3 is 2.62 bits per heavy atom. The van der Waals surface area contributed by atoms with Gasteiger partial charge in [-0.1, -0.05) is 6.92 Å². The molecule has 0 aromatic carbocycles. The Labute approximate surface area is 106 Å². The molecule has 4 heteroatoms. The molecule has 90 valence electrons. The van der Waals surface area contributed by atoms with Crippen molar-refractivity contribution in [1.29, 1.82) is 0 Å². The van der Waals surface area contributed by atoms with Gasteiger partial charge >= 0.3 is 0 Å².